The molecule has 0 fully saturated rings. The number of nitrogens with zero attached hydrogens (tertiary/aromatic N) is 2. The Balaban J connectivity index is 2.39. The number of rotatable bonds is 4. The zero-order valence-corrected chi connectivity index (χ0v) is 15.0. The summed E-state index contributed by atoms with van der Waals surface area (Å²) in [7, 11) is 0. The standard InChI is InChI=1S/C17H15F6N3O3/c1-9(7-13(27)16(18,19)20)24-12-6-4-3-5-11(12)14(28)26-15(29,17(21,22)23)8-10(2)25-26/h3-7,24,29H,8H2,1-2H3/b9-7+. The molecule has 0 saturated heterocycles. The van der Waals surface area contributed by atoms with Gasteiger partial charge in [-0.25, -0.2) is 0 Å². The van der Waals surface area contributed by atoms with Crippen molar-refractivity contribution >= 4 is 23.1 Å². The Labute approximate surface area is 160 Å². The molecule has 1 unspecified atom stereocenters. The molecular formula is C17H15F6N3O3. The van der Waals surface area contributed by atoms with Crippen LogP contribution < -0.4 is 5.32 Å². The van der Waals surface area contributed by atoms with Crippen molar-refractivity contribution in [3.8, 4) is 0 Å². The van der Waals surface area contributed by atoms with Crippen LogP contribution >= 0.6 is 0 Å². The van der Waals surface area contributed by atoms with Crippen molar-refractivity contribution in [2.45, 2.75) is 38.3 Å². The largest absolute Gasteiger partial charge is 0.454 e. The Morgan fingerprint density at radius 2 is 1.79 bits per heavy atom. The van der Waals surface area contributed by atoms with Crippen molar-refractivity contribution in [3.63, 3.8) is 0 Å². The minimum Gasteiger partial charge on any atom is -0.362 e. The Kier molecular flexibility index (Phi) is 5.79. The number of hydrogen-bond donors (Lipinski definition) is 2. The topological polar surface area (TPSA) is 82.0 Å². The summed E-state index contributed by atoms with van der Waals surface area (Å²) in [5, 5.41) is 15.8. The molecular weight excluding hydrogens is 408 g/mol. The first-order chi connectivity index (χ1) is 13.2. The highest BCUT2D eigenvalue weighted by Crippen LogP contribution is 2.41. The number of aliphatic hydroxyl groups is 1. The first kappa shape index (κ1) is 22.4. The smallest absolute Gasteiger partial charge is 0.362 e. The van der Waals surface area contributed by atoms with Gasteiger partial charge in [-0.3, -0.25) is 9.59 Å². The number of halogens is 6. The number of benzene rings is 1. The van der Waals surface area contributed by atoms with Crippen molar-refractivity contribution in [1.29, 1.82) is 0 Å². The van der Waals surface area contributed by atoms with Crippen LogP contribution in [0, 0.1) is 0 Å². The molecule has 1 amide bonds. The molecule has 29 heavy (non-hydrogen) atoms. The average Bonchev–Trinajstić information content (AvgIpc) is 2.89. The molecule has 2 N–H and O–H groups in total. The van der Waals surface area contributed by atoms with Gasteiger partial charge in [0.2, 0.25) is 0 Å². The number of allylic oxidation sites excluding steroid dienone is 2. The summed E-state index contributed by atoms with van der Waals surface area (Å²) < 4.78 is 77.1. The van der Waals surface area contributed by atoms with E-state index in [1.807, 2.05) is 0 Å². The van der Waals surface area contributed by atoms with Crippen LogP contribution in [-0.4, -0.2) is 45.6 Å². The summed E-state index contributed by atoms with van der Waals surface area (Å²) in [5.74, 6) is -3.49. The highest BCUT2D eigenvalue weighted by Gasteiger charge is 2.62. The van der Waals surface area contributed by atoms with Gasteiger partial charge in [0.05, 0.1) is 11.3 Å². The zero-order valence-electron chi connectivity index (χ0n) is 15.0. The van der Waals surface area contributed by atoms with E-state index in [9.17, 15) is 41.0 Å². The van der Waals surface area contributed by atoms with Gasteiger partial charge in [-0.2, -0.15) is 36.5 Å². The molecule has 0 bridgehead atoms. The number of carbonyl (C=O) groups excluding carboxylic acids is 2. The maximum absolute atomic E-state index is 13.3. The van der Waals surface area contributed by atoms with Crippen LogP contribution in [0.5, 0.6) is 0 Å². The molecule has 1 aliphatic heterocycles. The number of hydrazone groups is 1. The van der Waals surface area contributed by atoms with Gasteiger partial charge in [-0.15, -0.1) is 0 Å². The summed E-state index contributed by atoms with van der Waals surface area (Å²) in [5.41, 5.74) is -4.58. The molecule has 0 radical (unpaired) electrons. The number of amides is 1. The van der Waals surface area contributed by atoms with Crippen LogP contribution in [0.15, 0.2) is 41.1 Å². The molecule has 0 spiro atoms. The van der Waals surface area contributed by atoms with Crippen molar-refractivity contribution in [3.05, 3.63) is 41.6 Å². The quantitative estimate of drug-likeness (QED) is 0.573. The lowest BCUT2D eigenvalue weighted by Crippen LogP contribution is -2.56. The first-order valence-electron chi connectivity index (χ1n) is 8.00. The second-order valence-corrected chi connectivity index (χ2v) is 6.30. The Hall–Kier alpha value is -2.89. The lowest BCUT2D eigenvalue weighted by Gasteiger charge is -2.33. The van der Waals surface area contributed by atoms with Crippen LogP contribution in [0.4, 0.5) is 32.0 Å². The van der Waals surface area contributed by atoms with Crippen molar-refractivity contribution < 1.29 is 41.0 Å². The maximum Gasteiger partial charge on any atom is 0.454 e. The van der Waals surface area contributed by atoms with E-state index in [0.29, 0.717) is 0 Å². The van der Waals surface area contributed by atoms with Crippen LogP contribution in [0.25, 0.3) is 0 Å². The van der Waals surface area contributed by atoms with E-state index in [1.165, 1.54) is 25.1 Å². The molecule has 1 aromatic rings. The van der Waals surface area contributed by atoms with E-state index in [-0.39, 0.29) is 28.2 Å². The van der Waals surface area contributed by atoms with Crippen molar-refractivity contribution in [2.24, 2.45) is 5.10 Å². The predicted octanol–water partition coefficient (Wildman–Crippen LogP) is 3.61. The third-order valence-electron chi connectivity index (χ3n) is 3.89. The number of hydrogen-bond acceptors (Lipinski definition) is 5. The van der Waals surface area contributed by atoms with Crippen LogP contribution in [-0.2, 0) is 4.79 Å². The van der Waals surface area contributed by atoms with Gasteiger partial charge < -0.3 is 10.4 Å². The highest BCUT2D eigenvalue weighted by atomic mass is 19.4. The second-order valence-electron chi connectivity index (χ2n) is 6.30. The predicted molar refractivity (Wildman–Crippen MR) is 89.8 cm³/mol. The highest BCUT2D eigenvalue weighted by molar-refractivity contribution is 6.02. The zero-order chi connectivity index (χ0) is 22.2. The maximum atomic E-state index is 13.3. The van der Waals surface area contributed by atoms with E-state index in [0.717, 1.165) is 13.0 Å². The van der Waals surface area contributed by atoms with Gasteiger partial charge in [-0.05, 0) is 26.0 Å². The minimum atomic E-state index is -5.21. The van der Waals surface area contributed by atoms with Gasteiger partial charge in [-0.1, -0.05) is 12.1 Å². The third-order valence-corrected chi connectivity index (χ3v) is 3.89. The SMILES string of the molecule is CC1=NN(C(=O)c2ccccc2N/C(C)=C/C(=O)C(F)(F)F)C(O)(C(F)(F)F)C1. The number of carbonyl (C=O) groups is 2. The van der Waals surface area contributed by atoms with Gasteiger partial charge in [0, 0.05) is 23.9 Å². The molecule has 1 atom stereocenters. The fourth-order valence-corrected chi connectivity index (χ4v) is 2.57. The van der Waals surface area contributed by atoms with E-state index in [1.54, 1.807) is 0 Å². The van der Waals surface area contributed by atoms with Crippen LogP contribution in [0.3, 0.4) is 0 Å². The normalized spacial score (nSPS) is 20.5. The summed E-state index contributed by atoms with van der Waals surface area (Å²) in [6, 6.07) is 4.98. The fourth-order valence-electron chi connectivity index (χ4n) is 2.57. The van der Waals surface area contributed by atoms with Gasteiger partial charge >= 0.3 is 12.4 Å². The monoisotopic (exact) mass is 423 g/mol. The van der Waals surface area contributed by atoms with Gasteiger partial charge in [0.15, 0.2) is 0 Å². The molecule has 1 aliphatic rings. The van der Waals surface area contributed by atoms with Crippen molar-refractivity contribution in [2.75, 3.05) is 5.32 Å². The average molecular weight is 423 g/mol. The minimum absolute atomic E-state index is 0.108. The first-order valence-corrected chi connectivity index (χ1v) is 8.00. The molecule has 2 rings (SSSR count). The molecule has 158 valence electrons. The van der Waals surface area contributed by atoms with Crippen LogP contribution in [0.2, 0.25) is 0 Å². The molecule has 6 nitrogen and oxygen atoms in total. The molecule has 1 aromatic carbocycles. The fraction of sp³-hybridized carbons (Fsp3) is 0.353. The van der Waals surface area contributed by atoms with E-state index in [2.05, 4.69) is 10.4 Å². The molecule has 0 aromatic heterocycles. The Morgan fingerprint density at radius 1 is 1.21 bits per heavy atom. The number of anilines is 1. The number of para-hydroxylation sites is 1. The summed E-state index contributed by atoms with van der Waals surface area (Å²) in [6.45, 7) is 2.30. The van der Waals surface area contributed by atoms with Gasteiger partial charge in [0.1, 0.15) is 0 Å². The Bertz CT molecular complexity index is 891. The van der Waals surface area contributed by atoms with Crippen molar-refractivity contribution in [1.82, 2.24) is 5.01 Å². The second kappa shape index (κ2) is 7.50. The molecule has 12 heteroatoms. The molecule has 0 aliphatic carbocycles. The van der Waals surface area contributed by atoms with E-state index < -0.39 is 41.8 Å². The van der Waals surface area contributed by atoms with Gasteiger partial charge in [0.25, 0.3) is 17.4 Å². The summed E-state index contributed by atoms with van der Waals surface area (Å²) >= 11 is 0. The molecule has 1 heterocycles. The lowest BCUT2D eigenvalue weighted by atomic mass is 10.1. The summed E-state index contributed by atoms with van der Waals surface area (Å²) in [4.78, 5) is 23.7. The number of alkyl halides is 6. The van der Waals surface area contributed by atoms with Crippen LogP contribution in [0.1, 0.15) is 30.6 Å². The number of nitrogens with one attached hydrogen (secondary N) is 1. The Morgan fingerprint density at radius 3 is 2.34 bits per heavy atom. The van der Waals surface area contributed by atoms with E-state index in [4.69, 9.17) is 0 Å². The lowest BCUT2D eigenvalue weighted by molar-refractivity contribution is -0.297. The van der Waals surface area contributed by atoms with E-state index >= 15 is 0 Å². The third kappa shape index (κ3) is 4.58. The molecule has 0 saturated carbocycles. The number of ketones is 1. The summed E-state index contributed by atoms with van der Waals surface area (Å²) in [6.07, 6.45) is -11.0.